The summed E-state index contributed by atoms with van der Waals surface area (Å²) in [5.74, 6) is -0.0624. The van der Waals surface area contributed by atoms with E-state index in [2.05, 4.69) is 33.7 Å². The third-order valence-corrected chi connectivity index (χ3v) is 6.20. The standard InChI is InChI=1S/C17H21F2N3O2SSi/c1-26(2,3)8-7-23-11-22-9-13(12-5-4-6-20-15(12)22)14-10-25-21-16(14)24-17(18)19/h4-6,9-10,17H,7-8,11H2,1-3H3. The minimum atomic E-state index is -2.91. The van der Waals surface area contributed by atoms with Crippen LogP contribution < -0.4 is 4.74 Å². The highest BCUT2D eigenvalue weighted by Gasteiger charge is 2.19. The lowest BCUT2D eigenvalue weighted by Crippen LogP contribution is -2.22. The van der Waals surface area contributed by atoms with Gasteiger partial charge >= 0.3 is 6.61 Å². The molecule has 0 aliphatic heterocycles. The van der Waals surface area contributed by atoms with E-state index in [0.717, 1.165) is 34.2 Å². The van der Waals surface area contributed by atoms with E-state index in [1.807, 2.05) is 22.9 Å². The normalized spacial score (nSPS) is 12.2. The van der Waals surface area contributed by atoms with Gasteiger partial charge in [-0.2, -0.15) is 13.2 Å². The SMILES string of the molecule is C[Si](C)(C)CCOCn1cc(-c2csnc2OC(F)F)c2cccnc21. The van der Waals surface area contributed by atoms with Crippen LogP contribution >= 0.6 is 11.5 Å². The summed E-state index contributed by atoms with van der Waals surface area (Å²) in [6.45, 7) is 5.05. The zero-order valence-corrected chi connectivity index (χ0v) is 16.7. The van der Waals surface area contributed by atoms with Crippen molar-refractivity contribution in [2.75, 3.05) is 6.61 Å². The average Bonchev–Trinajstić information content (AvgIpc) is 3.14. The van der Waals surface area contributed by atoms with Gasteiger partial charge in [-0.25, -0.2) is 4.98 Å². The lowest BCUT2D eigenvalue weighted by molar-refractivity contribution is -0.0518. The van der Waals surface area contributed by atoms with Crippen LogP contribution in [0.2, 0.25) is 25.7 Å². The maximum Gasteiger partial charge on any atom is 0.388 e. The molecule has 0 N–H and O–H groups in total. The zero-order chi connectivity index (χ0) is 18.7. The molecule has 3 rings (SSSR count). The lowest BCUT2D eigenvalue weighted by atomic mass is 10.1. The van der Waals surface area contributed by atoms with Gasteiger partial charge in [0.15, 0.2) is 0 Å². The molecule has 0 spiro atoms. The Morgan fingerprint density at radius 2 is 2.08 bits per heavy atom. The average molecular weight is 398 g/mol. The minimum Gasteiger partial charge on any atom is -0.415 e. The number of halogens is 2. The largest absolute Gasteiger partial charge is 0.415 e. The first-order chi connectivity index (χ1) is 12.3. The Bertz CT molecular complexity index is 876. The van der Waals surface area contributed by atoms with Crippen molar-refractivity contribution in [3.8, 4) is 17.0 Å². The maximum atomic E-state index is 12.6. The van der Waals surface area contributed by atoms with Crippen LogP contribution in [0.3, 0.4) is 0 Å². The summed E-state index contributed by atoms with van der Waals surface area (Å²) in [6, 6.07) is 4.79. The summed E-state index contributed by atoms with van der Waals surface area (Å²) >= 11 is 1.08. The molecule has 0 saturated carbocycles. The number of alkyl halides is 2. The van der Waals surface area contributed by atoms with Gasteiger partial charge in [0.2, 0.25) is 5.88 Å². The summed E-state index contributed by atoms with van der Waals surface area (Å²) in [6.07, 6.45) is 3.56. The zero-order valence-electron chi connectivity index (χ0n) is 14.9. The molecule has 0 aliphatic rings. The van der Waals surface area contributed by atoms with E-state index in [1.165, 1.54) is 0 Å². The Hall–Kier alpha value is -1.84. The maximum absolute atomic E-state index is 12.6. The molecule has 26 heavy (non-hydrogen) atoms. The summed E-state index contributed by atoms with van der Waals surface area (Å²) in [4.78, 5) is 4.42. The van der Waals surface area contributed by atoms with Crippen LogP contribution in [-0.2, 0) is 11.5 Å². The van der Waals surface area contributed by atoms with E-state index in [9.17, 15) is 8.78 Å². The number of ether oxygens (including phenoxy) is 2. The number of pyridine rings is 1. The van der Waals surface area contributed by atoms with Crippen molar-refractivity contribution < 1.29 is 18.3 Å². The first-order valence-corrected chi connectivity index (χ1v) is 12.8. The van der Waals surface area contributed by atoms with Crippen molar-refractivity contribution in [3.63, 3.8) is 0 Å². The van der Waals surface area contributed by atoms with Gasteiger partial charge in [-0.05, 0) is 29.7 Å². The number of rotatable bonds is 8. The van der Waals surface area contributed by atoms with Crippen LogP contribution in [0.25, 0.3) is 22.2 Å². The van der Waals surface area contributed by atoms with Crippen molar-refractivity contribution in [2.24, 2.45) is 0 Å². The topological polar surface area (TPSA) is 49.2 Å². The molecule has 0 bridgehead atoms. The molecule has 0 aromatic carbocycles. The number of hydrogen-bond acceptors (Lipinski definition) is 5. The highest BCUT2D eigenvalue weighted by atomic mass is 32.1. The fraction of sp³-hybridized carbons (Fsp3) is 0.412. The van der Waals surface area contributed by atoms with Crippen LogP contribution in [0.15, 0.2) is 29.9 Å². The number of nitrogens with zero attached hydrogens (tertiary/aromatic N) is 3. The highest BCUT2D eigenvalue weighted by molar-refractivity contribution is 7.04. The second kappa shape index (κ2) is 7.81. The molecule has 0 saturated heterocycles. The molecule has 140 valence electrons. The second-order valence-corrected chi connectivity index (χ2v) is 13.4. The molecule has 0 radical (unpaired) electrons. The Kier molecular flexibility index (Phi) is 5.69. The van der Waals surface area contributed by atoms with Gasteiger partial charge in [-0.1, -0.05) is 19.6 Å². The molecular formula is C17H21F2N3O2SSi. The van der Waals surface area contributed by atoms with Crippen LogP contribution in [0.1, 0.15) is 0 Å². The molecule has 3 aromatic heterocycles. The minimum absolute atomic E-state index is 0.0624. The van der Waals surface area contributed by atoms with Crippen molar-refractivity contribution in [3.05, 3.63) is 29.9 Å². The van der Waals surface area contributed by atoms with Crippen molar-refractivity contribution >= 4 is 30.6 Å². The fourth-order valence-electron chi connectivity index (χ4n) is 2.55. The lowest BCUT2D eigenvalue weighted by Gasteiger charge is -2.15. The van der Waals surface area contributed by atoms with Gasteiger partial charge in [0.25, 0.3) is 0 Å². The van der Waals surface area contributed by atoms with Crippen LogP contribution in [-0.4, -0.2) is 35.2 Å². The molecule has 3 heterocycles. The smallest absolute Gasteiger partial charge is 0.388 e. The van der Waals surface area contributed by atoms with Crippen LogP contribution in [0, 0.1) is 0 Å². The molecule has 0 atom stereocenters. The van der Waals surface area contributed by atoms with Crippen molar-refractivity contribution in [1.29, 1.82) is 0 Å². The molecule has 3 aromatic rings. The quantitative estimate of drug-likeness (QED) is 0.393. The summed E-state index contributed by atoms with van der Waals surface area (Å²) in [5.41, 5.74) is 2.03. The number of hydrogen-bond donors (Lipinski definition) is 0. The summed E-state index contributed by atoms with van der Waals surface area (Å²) in [5, 5.41) is 2.55. The summed E-state index contributed by atoms with van der Waals surface area (Å²) < 4.78 is 41.4. The molecular weight excluding hydrogens is 376 g/mol. The Balaban J connectivity index is 1.87. The third-order valence-electron chi connectivity index (χ3n) is 3.89. The van der Waals surface area contributed by atoms with Gasteiger partial charge in [-0.3, -0.25) is 0 Å². The van der Waals surface area contributed by atoms with Crippen LogP contribution in [0.5, 0.6) is 5.88 Å². The third kappa shape index (κ3) is 4.46. The molecule has 0 unspecified atom stereocenters. The van der Waals surface area contributed by atoms with Gasteiger partial charge in [-0.15, -0.1) is 0 Å². The van der Waals surface area contributed by atoms with Crippen LogP contribution in [0.4, 0.5) is 8.78 Å². The first kappa shape index (κ1) is 18.9. The summed E-state index contributed by atoms with van der Waals surface area (Å²) in [7, 11) is -1.15. The Morgan fingerprint density at radius 1 is 1.27 bits per heavy atom. The van der Waals surface area contributed by atoms with E-state index in [1.54, 1.807) is 11.6 Å². The number of aromatic nitrogens is 3. The van der Waals surface area contributed by atoms with E-state index >= 15 is 0 Å². The van der Waals surface area contributed by atoms with E-state index in [0.29, 0.717) is 18.9 Å². The van der Waals surface area contributed by atoms with E-state index in [-0.39, 0.29) is 5.88 Å². The van der Waals surface area contributed by atoms with Gasteiger partial charge in [0, 0.05) is 43.4 Å². The molecule has 0 fully saturated rings. The fourth-order valence-corrected chi connectivity index (χ4v) is 3.93. The molecule has 5 nitrogen and oxygen atoms in total. The van der Waals surface area contributed by atoms with Gasteiger partial charge in [0.05, 0.1) is 5.56 Å². The molecule has 0 aliphatic carbocycles. The molecule has 0 amide bonds. The first-order valence-electron chi connectivity index (χ1n) is 8.26. The predicted octanol–water partition coefficient (Wildman–Crippen LogP) is 5.07. The predicted molar refractivity (Wildman–Crippen MR) is 102 cm³/mol. The van der Waals surface area contributed by atoms with E-state index < -0.39 is 14.7 Å². The molecule has 9 heteroatoms. The van der Waals surface area contributed by atoms with Crippen molar-refractivity contribution in [1.82, 2.24) is 13.9 Å². The van der Waals surface area contributed by atoms with Crippen molar-refractivity contribution in [2.45, 2.75) is 39.0 Å². The van der Waals surface area contributed by atoms with Gasteiger partial charge < -0.3 is 14.0 Å². The number of fused-ring (bicyclic) bond motifs is 1. The van der Waals surface area contributed by atoms with Gasteiger partial charge in [0.1, 0.15) is 12.4 Å². The monoisotopic (exact) mass is 397 g/mol. The Labute approximate surface area is 155 Å². The van der Waals surface area contributed by atoms with E-state index in [4.69, 9.17) is 4.74 Å². The second-order valence-electron chi connectivity index (χ2n) is 7.15. The highest BCUT2D eigenvalue weighted by Crippen LogP contribution is 2.37. The Morgan fingerprint density at radius 3 is 2.81 bits per heavy atom.